The minimum absolute atomic E-state index is 0.699. The minimum Gasteiger partial charge on any atom is -0.250 e. The third kappa shape index (κ3) is 7.62. The maximum absolute atomic E-state index is 12.8. The fourth-order valence-electron chi connectivity index (χ4n) is 2.43. The van der Waals surface area contributed by atoms with Crippen LogP contribution in [0.25, 0.3) is 0 Å². The van der Waals surface area contributed by atoms with Crippen LogP contribution in [0.2, 0.25) is 0 Å². The van der Waals surface area contributed by atoms with E-state index < -0.39 is 10.8 Å². The summed E-state index contributed by atoms with van der Waals surface area (Å²) in [6.45, 7) is 2.03. The van der Waals surface area contributed by atoms with Gasteiger partial charge in [-0.15, -0.1) is 23.5 Å². The Kier molecular flexibility index (Phi) is 8.70. The van der Waals surface area contributed by atoms with Gasteiger partial charge in [-0.1, -0.05) is 65.9 Å². The van der Waals surface area contributed by atoms with Crippen LogP contribution in [0.4, 0.5) is 0 Å². The summed E-state index contributed by atoms with van der Waals surface area (Å²) in [5.41, 5.74) is 2.05. The maximum Gasteiger partial charge on any atom is 0.0785 e. The molecule has 0 saturated heterocycles. The van der Waals surface area contributed by atoms with Crippen molar-refractivity contribution >= 4 is 34.3 Å². The van der Waals surface area contributed by atoms with Gasteiger partial charge >= 0.3 is 0 Å². The summed E-state index contributed by atoms with van der Waals surface area (Å²) in [6, 6.07) is 28.3. The van der Waals surface area contributed by atoms with Crippen molar-refractivity contribution in [1.82, 2.24) is 0 Å². The number of benzene rings is 3. The van der Waals surface area contributed by atoms with Gasteiger partial charge in [0.05, 0.1) is 16.6 Å². The molecule has 0 amide bonds. The van der Waals surface area contributed by atoms with E-state index in [-0.39, 0.29) is 0 Å². The molecule has 0 fully saturated rings. The van der Waals surface area contributed by atoms with Crippen LogP contribution in [-0.2, 0) is 10.8 Å². The first-order valence-electron chi connectivity index (χ1n) is 9.23. The third-order valence-electron chi connectivity index (χ3n) is 3.94. The summed E-state index contributed by atoms with van der Waals surface area (Å²) in [5, 5.41) is 1.79. The summed E-state index contributed by atoms with van der Waals surface area (Å²) in [4.78, 5) is 3.19. The van der Waals surface area contributed by atoms with Crippen molar-refractivity contribution in [1.29, 1.82) is 0 Å². The van der Waals surface area contributed by atoms with E-state index in [1.54, 1.807) is 28.9 Å². The second kappa shape index (κ2) is 11.7. The molecule has 0 N–H and O–H groups in total. The summed E-state index contributed by atoms with van der Waals surface area (Å²) in [7, 11) is -1.21. The first kappa shape index (κ1) is 21.5. The molecule has 1 atom stereocenters. The molecule has 0 radical (unpaired) electrons. The fraction of sp³-hybridized carbons (Fsp3) is 0.120. The summed E-state index contributed by atoms with van der Waals surface area (Å²) < 4.78 is 12.8. The summed E-state index contributed by atoms with van der Waals surface area (Å²) in [5.74, 6) is 7.88. The molecule has 3 rings (SSSR count). The summed E-state index contributed by atoms with van der Waals surface area (Å²) >= 11 is 3.42. The van der Waals surface area contributed by atoms with E-state index in [0.29, 0.717) is 11.5 Å². The van der Waals surface area contributed by atoms with Crippen LogP contribution >= 0.6 is 23.5 Å². The van der Waals surface area contributed by atoms with Crippen molar-refractivity contribution in [3.63, 3.8) is 0 Å². The van der Waals surface area contributed by atoms with Crippen molar-refractivity contribution < 1.29 is 4.21 Å². The molecule has 3 aromatic carbocycles. The third-order valence-corrected chi connectivity index (χ3v) is 7.13. The lowest BCUT2D eigenvalue weighted by atomic mass is 10.2. The molecule has 0 aliphatic carbocycles. The van der Waals surface area contributed by atoms with E-state index in [4.69, 9.17) is 0 Å². The minimum atomic E-state index is -1.21. The second-order valence-corrected chi connectivity index (χ2v) is 9.66. The average Bonchev–Trinajstić information content (AvgIpc) is 2.76. The molecule has 3 aromatic rings. The highest BCUT2D eigenvalue weighted by molar-refractivity contribution is 7.99. The number of hydrogen-bond donors (Lipinski definition) is 0. The maximum atomic E-state index is 12.8. The Hall–Kier alpha value is -2.19. The molecule has 29 heavy (non-hydrogen) atoms. The van der Waals surface area contributed by atoms with Gasteiger partial charge in [0.1, 0.15) is 0 Å². The summed E-state index contributed by atoms with van der Waals surface area (Å²) in [6.07, 6.45) is 0. The van der Waals surface area contributed by atoms with Gasteiger partial charge in [-0.25, -0.2) is 4.21 Å². The lowest BCUT2D eigenvalue weighted by Crippen LogP contribution is -1.92. The van der Waals surface area contributed by atoms with Gasteiger partial charge in [-0.05, 0) is 43.3 Å². The van der Waals surface area contributed by atoms with Gasteiger partial charge in [-0.2, -0.15) is 0 Å². The van der Waals surface area contributed by atoms with E-state index in [1.165, 1.54) is 9.79 Å². The van der Waals surface area contributed by atoms with Crippen LogP contribution in [0.15, 0.2) is 111 Å². The largest absolute Gasteiger partial charge is 0.250 e. The van der Waals surface area contributed by atoms with Gasteiger partial charge in [0.2, 0.25) is 0 Å². The molecule has 0 heterocycles. The van der Waals surface area contributed by atoms with E-state index >= 15 is 0 Å². The number of hydrogen-bond acceptors (Lipinski definition) is 3. The van der Waals surface area contributed by atoms with Gasteiger partial charge in [0.15, 0.2) is 0 Å². The standard InChI is InChI=1S/C25H22OS3/c1-21-14-16-25(17-15-21)29(26)20-22(19-28-24-12-6-3-7-13-24)9-8-18-27-23-10-4-2-5-11-23/h2-7,10-17,20H,18-19H2,1H3/b22-20-/t29-/m1/s1. The predicted octanol–water partition coefficient (Wildman–Crippen LogP) is 6.57. The van der Waals surface area contributed by atoms with Crippen LogP contribution in [0.3, 0.4) is 0 Å². The highest BCUT2D eigenvalue weighted by atomic mass is 32.2. The Balaban J connectivity index is 1.71. The Bertz CT molecular complexity index is 1010. The normalized spacial score (nSPS) is 12.1. The van der Waals surface area contributed by atoms with E-state index in [0.717, 1.165) is 16.0 Å². The predicted molar refractivity (Wildman–Crippen MR) is 128 cm³/mol. The highest BCUT2D eigenvalue weighted by Crippen LogP contribution is 2.21. The molecule has 0 aliphatic heterocycles. The lowest BCUT2D eigenvalue weighted by molar-refractivity contribution is 0.688. The van der Waals surface area contributed by atoms with Crippen LogP contribution < -0.4 is 0 Å². The Morgan fingerprint density at radius 1 is 0.862 bits per heavy atom. The Morgan fingerprint density at radius 2 is 1.45 bits per heavy atom. The van der Waals surface area contributed by atoms with Crippen molar-refractivity contribution in [2.75, 3.05) is 11.5 Å². The molecular weight excluding hydrogens is 412 g/mol. The van der Waals surface area contributed by atoms with Crippen molar-refractivity contribution in [3.8, 4) is 11.8 Å². The molecule has 0 unspecified atom stereocenters. The molecular formula is C25H22OS3. The van der Waals surface area contributed by atoms with Gasteiger partial charge in [0, 0.05) is 31.4 Å². The fourth-order valence-corrected chi connectivity index (χ4v) is 4.97. The first-order valence-corrected chi connectivity index (χ1v) is 12.4. The number of aryl methyl sites for hydroxylation is 1. The highest BCUT2D eigenvalue weighted by Gasteiger charge is 2.04. The topological polar surface area (TPSA) is 17.1 Å². The number of rotatable bonds is 7. The molecule has 0 aliphatic rings. The van der Waals surface area contributed by atoms with Crippen molar-refractivity contribution in [3.05, 3.63) is 101 Å². The van der Waals surface area contributed by atoms with E-state index in [1.807, 2.05) is 67.6 Å². The first-order chi connectivity index (χ1) is 14.2. The zero-order valence-corrected chi connectivity index (χ0v) is 18.7. The Labute approximate surface area is 184 Å². The van der Waals surface area contributed by atoms with Crippen LogP contribution in [0.5, 0.6) is 0 Å². The molecule has 0 aromatic heterocycles. The Morgan fingerprint density at radius 3 is 2.07 bits per heavy atom. The zero-order chi connectivity index (χ0) is 20.3. The molecule has 146 valence electrons. The van der Waals surface area contributed by atoms with E-state index in [9.17, 15) is 4.21 Å². The lowest BCUT2D eigenvalue weighted by Gasteiger charge is -2.03. The molecule has 4 heteroatoms. The molecule has 0 saturated carbocycles. The van der Waals surface area contributed by atoms with Crippen LogP contribution in [0.1, 0.15) is 5.56 Å². The molecule has 0 bridgehead atoms. The van der Waals surface area contributed by atoms with Crippen molar-refractivity contribution in [2.24, 2.45) is 0 Å². The zero-order valence-electron chi connectivity index (χ0n) is 16.2. The van der Waals surface area contributed by atoms with E-state index in [2.05, 4.69) is 36.1 Å². The SMILES string of the molecule is Cc1ccc([S@](=O)/C=C(/C#CCSc2ccccc2)CSc2ccccc2)cc1. The van der Waals surface area contributed by atoms with Gasteiger partial charge < -0.3 is 0 Å². The quantitative estimate of drug-likeness (QED) is 0.309. The molecule has 1 nitrogen and oxygen atoms in total. The average molecular weight is 435 g/mol. The second-order valence-electron chi connectivity index (χ2n) is 6.26. The van der Waals surface area contributed by atoms with Crippen molar-refractivity contribution in [2.45, 2.75) is 21.6 Å². The van der Waals surface area contributed by atoms with Gasteiger partial charge in [0.25, 0.3) is 0 Å². The molecule has 0 spiro atoms. The van der Waals surface area contributed by atoms with Crippen LogP contribution in [0, 0.1) is 18.8 Å². The van der Waals surface area contributed by atoms with Crippen LogP contribution in [-0.4, -0.2) is 15.7 Å². The smallest absolute Gasteiger partial charge is 0.0785 e. The monoisotopic (exact) mass is 434 g/mol. The van der Waals surface area contributed by atoms with Gasteiger partial charge in [-0.3, -0.25) is 0 Å². The number of thioether (sulfide) groups is 2.